The van der Waals surface area contributed by atoms with Crippen LogP contribution in [0.25, 0.3) is 11.3 Å². The number of hydrogen-bond donors (Lipinski definition) is 5. The van der Waals surface area contributed by atoms with E-state index in [-0.39, 0.29) is 16.8 Å². The van der Waals surface area contributed by atoms with Gasteiger partial charge in [-0.2, -0.15) is 0 Å². The lowest BCUT2D eigenvalue weighted by molar-refractivity contribution is -0.202. The number of hydrogen-bond acceptors (Lipinski definition) is 9. The highest BCUT2D eigenvalue weighted by Gasteiger charge is 2.61. The zero-order chi connectivity index (χ0) is 26.4. The molecule has 0 aliphatic carbocycles. The Morgan fingerprint density at radius 1 is 1.22 bits per heavy atom. The maximum atomic E-state index is 13.8. The van der Waals surface area contributed by atoms with Gasteiger partial charge in [-0.3, -0.25) is 9.51 Å². The number of aliphatic hydroxyl groups excluding tert-OH is 2. The number of halogens is 4. The van der Waals surface area contributed by atoms with E-state index in [4.69, 9.17) is 9.26 Å². The van der Waals surface area contributed by atoms with Crippen LogP contribution in [0.15, 0.2) is 41.3 Å². The van der Waals surface area contributed by atoms with Crippen LogP contribution in [0.5, 0.6) is 0 Å². The molecule has 0 unspecified atom stereocenters. The van der Waals surface area contributed by atoms with E-state index in [2.05, 4.69) is 43.9 Å². The fourth-order valence-electron chi connectivity index (χ4n) is 4.06. The molecule has 1 saturated heterocycles. The van der Waals surface area contributed by atoms with Crippen LogP contribution in [0.2, 0.25) is 0 Å². The molecule has 194 valence electrons. The predicted molar refractivity (Wildman–Crippen MR) is 122 cm³/mol. The normalized spacial score (nSPS) is 26.8. The lowest BCUT2D eigenvalue weighted by atomic mass is 9.76. The molecule has 5 atom stereocenters. The number of aromatic nitrogens is 4. The van der Waals surface area contributed by atoms with Crippen LogP contribution in [0, 0.1) is 17.5 Å². The van der Waals surface area contributed by atoms with Gasteiger partial charge in [0.2, 0.25) is 0 Å². The van der Waals surface area contributed by atoms with Gasteiger partial charge in [0.15, 0.2) is 17.5 Å². The molecule has 1 fully saturated rings. The van der Waals surface area contributed by atoms with Gasteiger partial charge in [0, 0.05) is 28.0 Å². The van der Waals surface area contributed by atoms with Gasteiger partial charge in [-0.05, 0) is 34.1 Å². The highest BCUT2D eigenvalue weighted by atomic mass is 79.9. The van der Waals surface area contributed by atoms with Crippen molar-refractivity contribution < 1.29 is 47.0 Å². The first-order valence-electron chi connectivity index (χ1n) is 9.93. The molecule has 2 aromatic heterocycles. The highest BCUT2D eigenvalue weighted by molar-refractivity contribution is 9.10. The SMILES string of the molecule is O=P(O)(O)O[C@@H]1[C@H](S)O[C@@H](CO)[C@@H](O)[C@@]1(c1cncc(Br)c1)n1cc(-c2cc(F)c(F)c(F)c2)nn1. The average molecular weight is 613 g/mol. The van der Waals surface area contributed by atoms with E-state index < -0.39 is 61.2 Å². The zero-order valence-corrected chi connectivity index (χ0v) is 21.1. The van der Waals surface area contributed by atoms with Crippen molar-refractivity contribution in [3.05, 3.63) is 64.3 Å². The molecule has 17 heteroatoms. The van der Waals surface area contributed by atoms with E-state index in [1.54, 1.807) is 0 Å². The van der Waals surface area contributed by atoms with Gasteiger partial charge in [-0.25, -0.2) is 22.4 Å². The Bertz CT molecular complexity index is 1310. The smallest absolute Gasteiger partial charge is 0.394 e. The van der Waals surface area contributed by atoms with E-state index in [0.717, 1.165) is 10.9 Å². The van der Waals surface area contributed by atoms with Crippen LogP contribution in [0.4, 0.5) is 13.2 Å². The lowest BCUT2D eigenvalue weighted by Gasteiger charge is -2.51. The summed E-state index contributed by atoms with van der Waals surface area (Å²) in [6.07, 6.45) is -1.24. The summed E-state index contributed by atoms with van der Waals surface area (Å²) in [6.45, 7) is -0.750. The summed E-state index contributed by atoms with van der Waals surface area (Å²) >= 11 is 7.47. The molecule has 3 heterocycles. The zero-order valence-electron chi connectivity index (χ0n) is 17.7. The number of aliphatic hydroxyl groups is 2. The van der Waals surface area contributed by atoms with Gasteiger partial charge >= 0.3 is 7.82 Å². The first-order valence-corrected chi connectivity index (χ1v) is 12.8. The third-order valence-electron chi connectivity index (χ3n) is 5.56. The minimum atomic E-state index is -5.27. The molecule has 4 rings (SSSR count). The molecule has 1 aliphatic heterocycles. The molecular formula is C19H17BrF3N4O7PS. The molecule has 0 radical (unpaired) electrons. The Labute approximate surface area is 214 Å². The summed E-state index contributed by atoms with van der Waals surface area (Å²) in [5, 5.41) is 29.0. The molecule has 0 bridgehead atoms. The van der Waals surface area contributed by atoms with E-state index in [9.17, 15) is 37.7 Å². The summed E-state index contributed by atoms with van der Waals surface area (Å²) in [6, 6.07) is 2.77. The second kappa shape index (κ2) is 10.1. The van der Waals surface area contributed by atoms with Crippen molar-refractivity contribution in [3.63, 3.8) is 0 Å². The van der Waals surface area contributed by atoms with Crippen LogP contribution in [0.3, 0.4) is 0 Å². The molecule has 3 aromatic rings. The van der Waals surface area contributed by atoms with E-state index >= 15 is 0 Å². The fraction of sp³-hybridized carbons (Fsp3) is 0.316. The number of phosphoric ester groups is 1. The number of benzene rings is 1. The molecule has 0 saturated carbocycles. The minimum Gasteiger partial charge on any atom is -0.394 e. The number of pyridine rings is 1. The third-order valence-corrected chi connectivity index (χ3v) is 6.89. The van der Waals surface area contributed by atoms with Gasteiger partial charge in [0.25, 0.3) is 0 Å². The number of phosphoric acid groups is 1. The summed E-state index contributed by atoms with van der Waals surface area (Å²) in [5.74, 6) is -4.67. The molecule has 36 heavy (non-hydrogen) atoms. The summed E-state index contributed by atoms with van der Waals surface area (Å²) in [4.78, 5) is 23.3. The standard InChI is InChI=1S/C19H17BrF3N4O7PS/c20-10-3-9(4-24-5-10)19(16(29)14(7-28)33-18(36)17(19)34-35(30,31)32)27-6-13(25-26-27)8-1-11(21)15(23)12(22)2-8/h1-6,14,16-18,28-29,36H,7H2,(H2,30,31,32)/t14-,16+,17+,18-,19+/m0/s1. The van der Waals surface area contributed by atoms with Crippen LogP contribution >= 0.6 is 36.4 Å². The number of rotatable bonds is 6. The summed E-state index contributed by atoms with van der Waals surface area (Å²) < 4.78 is 64.8. The topological polar surface area (TPSA) is 160 Å². The Kier molecular flexibility index (Phi) is 7.63. The maximum absolute atomic E-state index is 13.8. The van der Waals surface area contributed by atoms with Crippen molar-refractivity contribution in [3.8, 4) is 11.3 Å². The lowest BCUT2D eigenvalue weighted by Crippen LogP contribution is -2.67. The Hall–Kier alpha value is -1.88. The van der Waals surface area contributed by atoms with Gasteiger partial charge in [-0.15, -0.1) is 17.7 Å². The second-order valence-electron chi connectivity index (χ2n) is 7.73. The number of ether oxygens (including phenoxy) is 1. The third kappa shape index (κ3) is 4.85. The Morgan fingerprint density at radius 2 is 1.89 bits per heavy atom. The molecule has 0 spiro atoms. The number of nitrogens with zero attached hydrogens (tertiary/aromatic N) is 4. The van der Waals surface area contributed by atoms with Crippen molar-refractivity contribution in [1.29, 1.82) is 0 Å². The predicted octanol–water partition coefficient (Wildman–Crippen LogP) is 1.75. The van der Waals surface area contributed by atoms with Crippen LogP contribution in [-0.4, -0.2) is 70.3 Å². The number of thiol groups is 1. The quantitative estimate of drug-likeness (QED) is 0.158. The first kappa shape index (κ1) is 27.2. The van der Waals surface area contributed by atoms with Crippen molar-refractivity contribution >= 4 is 36.4 Å². The van der Waals surface area contributed by atoms with E-state index in [1.807, 2.05) is 0 Å². The van der Waals surface area contributed by atoms with Gasteiger partial charge in [0.05, 0.1) is 12.8 Å². The largest absolute Gasteiger partial charge is 0.470 e. The molecule has 1 aromatic carbocycles. The first-order chi connectivity index (χ1) is 16.9. The minimum absolute atomic E-state index is 0.0662. The molecule has 11 nitrogen and oxygen atoms in total. The van der Waals surface area contributed by atoms with Crippen molar-refractivity contribution in [2.45, 2.75) is 29.3 Å². The molecular weight excluding hydrogens is 596 g/mol. The molecule has 0 amide bonds. The average Bonchev–Trinajstić information content (AvgIpc) is 3.29. The fourth-order valence-corrected chi connectivity index (χ4v) is 5.53. The molecule has 4 N–H and O–H groups in total. The van der Waals surface area contributed by atoms with Crippen molar-refractivity contribution in [2.24, 2.45) is 0 Å². The van der Waals surface area contributed by atoms with Crippen LogP contribution in [-0.2, 0) is 19.4 Å². The van der Waals surface area contributed by atoms with Crippen molar-refractivity contribution in [2.75, 3.05) is 6.61 Å². The van der Waals surface area contributed by atoms with Gasteiger partial charge in [0.1, 0.15) is 35.0 Å². The monoisotopic (exact) mass is 612 g/mol. The second-order valence-corrected chi connectivity index (χ2v) is 10.3. The summed E-state index contributed by atoms with van der Waals surface area (Å²) in [7, 11) is -5.27. The highest BCUT2D eigenvalue weighted by Crippen LogP contribution is 2.50. The van der Waals surface area contributed by atoms with E-state index in [1.165, 1.54) is 18.5 Å². The van der Waals surface area contributed by atoms with Crippen LogP contribution < -0.4 is 0 Å². The maximum Gasteiger partial charge on any atom is 0.470 e. The van der Waals surface area contributed by atoms with Crippen LogP contribution in [0.1, 0.15) is 5.56 Å². The van der Waals surface area contributed by atoms with Gasteiger partial charge in [-0.1, -0.05) is 5.21 Å². The van der Waals surface area contributed by atoms with Crippen molar-refractivity contribution in [1.82, 2.24) is 20.0 Å². The Morgan fingerprint density at radius 3 is 2.47 bits per heavy atom. The Balaban J connectivity index is 2.00. The van der Waals surface area contributed by atoms with E-state index in [0.29, 0.717) is 16.6 Å². The summed E-state index contributed by atoms with van der Waals surface area (Å²) in [5.41, 5.74) is -3.92. The van der Waals surface area contributed by atoms with Gasteiger partial charge < -0.3 is 24.7 Å². The molecule has 1 aliphatic rings.